The predicted molar refractivity (Wildman–Crippen MR) is 62.5 cm³/mol. The minimum absolute atomic E-state index is 0.341. The molecular formula is C10H7Cl3O2. The van der Waals surface area contributed by atoms with Gasteiger partial charge in [-0.1, -0.05) is 34.8 Å². The first kappa shape index (κ1) is 12.4. The number of hydrogen-bond donors (Lipinski definition) is 0. The van der Waals surface area contributed by atoms with Crippen molar-refractivity contribution in [2.24, 2.45) is 0 Å². The molecule has 0 heterocycles. The highest BCUT2D eigenvalue weighted by Crippen LogP contribution is 2.30. The Balaban J connectivity index is 3.04. The van der Waals surface area contributed by atoms with Crippen LogP contribution in [0.4, 0.5) is 0 Å². The topological polar surface area (TPSA) is 26.3 Å². The fraction of sp³-hybridized carbons (Fsp3) is 0.100. The largest absolute Gasteiger partial charge is 0.466 e. The van der Waals surface area contributed by atoms with Crippen LogP contribution >= 0.6 is 34.8 Å². The van der Waals surface area contributed by atoms with E-state index < -0.39 is 5.97 Å². The van der Waals surface area contributed by atoms with Gasteiger partial charge in [0.05, 0.1) is 17.2 Å². The van der Waals surface area contributed by atoms with Gasteiger partial charge in [0.1, 0.15) is 0 Å². The van der Waals surface area contributed by atoms with E-state index in [2.05, 4.69) is 4.74 Å². The third-order valence-corrected chi connectivity index (χ3v) is 2.66. The first-order chi connectivity index (χ1) is 7.04. The van der Waals surface area contributed by atoms with Crippen molar-refractivity contribution in [3.05, 3.63) is 38.8 Å². The third kappa shape index (κ3) is 3.42. The van der Waals surface area contributed by atoms with Crippen LogP contribution in [0, 0.1) is 0 Å². The lowest BCUT2D eigenvalue weighted by Gasteiger charge is -2.01. The molecule has 0 fully saturated rings. The lowest BCUT2D eigenvalue weighted by Crippen LogP contribution is -1.93. The Bertz CT molecular complexity index is 413. The van der Waals surface area contributed by atoms with Crippen LogP contribution in [0.25, 0.3) is 6.08 Å². The first-order valence-corrected chi connectivity index (χ1v) is 5.08. The summed E-state index contributed by atoms with van der Waals surface area (Å²) >= 11 is 17.5. The number of methoxy groups -OCH3 is 1. The van der Waals surface area contributed by atoms with E-state index in [4.69, 9.17) is 34.8 Å². The number of hydrogen-bond acceptors (Lipinski definition) is 2. The minimum Gasteiger partial charge on any atom is -0.466 e. The van der Waals surface area contributed by atoms with Gasteiger partial charge in [0.25, 0.3) is 0 Å². The number of esters is 1. The molecule has 0 bridgehead atoms. The Kier molecular flexibility index (Phi) is 4.45. The van der Waals surface area contributed by atoms with Crippen LogP contribution in [-0.2, 0) is 9.53 Å². The van der Waals surface area contributed by atoms with Gasteiger partial charge < -0.3 is 4.74 Å². The molecule has 0 amide bonds. The summed E-state index contributed by atoms with van der Waals surface area (Å²) in [6.45, 7) is 0. The molecule has 0 saturated heterocycles. The Morgan fingerprint density at radius 1 is 1.33 bits per heavy atom. The fourth-order valence-corrected chi connectivity index (χ4v) is 1.60. The van der Waals surface area contributed by atoms with Crippen molar-refractivity contribution in [3.63, 3.8) is 0 Å². The van der Waals surface area contributed by atoms with E-state index >= 15 is 0 Å². The molecule has 0 radical (unpaired) electrons. The molecule has 0 saturated carbocycles. The summed E-state index contributed by atoms with van der Waals surface area (Å²) in [4.78, 5) is 10.8. The molecule has 0 aliphatic rings. The summed E-state index contributed by atoms with van der Waals surface area (Å²) in [7, 11) is 1.29. The second kappa shape index (κ2) is 5.40. The molecule has 1 aromatic rings. The number of halogens is 3. The SMILES string of the molecule is COC(=O)C=Cc1cc(Cl)cc(Cl)c1Cl. The number of ether oxygens (including phenoxy) is 1. The second-order valence-corrected chi connectivity index (χ2v) is 3.87. The van der Waals surface area contributed by atoms with Crippen LogP contribution in [0.2, 0.25) is 15.1 Å². The summed E-state index contributed by atoms with van der Waals surface area (Å²) < 4.78 is 4.44. The maximum Gasteiger partial charge on any atom is 0.330 e. The zero-order chi connectivity index (χ0) is 11.4. The molecule has 0 unspecified atom stereocenters. The van der Waals surface area contributed by atoms with Crippen LogP contribution < -0.4 is 0 Å². The Morgan fingerprint density at radius 3 is 2.60 bits per heavy atom. The summed E-state index contributed by atoms with van der Waals surface area (Å²) in [5.41, 5.74) is 0.569. The molecule has 2 nitrogen and oxygen atoms in total. The van der Waals surface area contributed by atoms with Crippen molar-refractivity contribution in [2.75, 3.05) is 7.11 Å². The van der Waals surface area contributed by atoms with Gasteiger partial charge in [-0.25, -0.2) is 4.79 Å². The van der Waals surface area contributed by atoms with Crippen LogP contribution in [0.5, 0.6) is 0 Å². The highest BCUT2D eigenvalue weighted by Gasteiger charge is 2.04. The lowest BCUT2D eigenvalue weighted by molar-refractivity contribution is -0.134. The minimum atomic E-state index is -0.470. The van der Waals surface area contributed by atoms with Gasteiger partial charge >= 0.3 is 5.97 Å². The Morgan fingerprint density at radius 2 is 2.00 bits per heavy atom. The van der Waals surface area contributed by atoms with Crippen LogP contribution in [-0.4, -0.2) is 13.1 Å². The molecule has 1 rings (SSSR count). The molecule has 15 heavy (non-hydrogen) atoms. The smallest absolute Gasteiger partial charge is 0.330 e. The molecule has 5 heteroatoms. The first-order valence-electron chi connectivity index (χ1n) is 3.95. The van der Waals surface area contributed by atoms with Gasteiger partial charge in [0.2, 0.25) is 0 Å². The summed E-state index contributed by atoms with van der Waals surface area (Å²) in [6, 6.07) is 3.14. The van der Waals surface area contributed by atoms with E-state index in [-0.39, 0.29) is 0 Å². The fourth-order valence-electron chi connectivity index (χ4n) is 0.923. The summed E-state index contributed by atoms with van der Waals surface area (Å²) in [6.07, 6.45) is 2.74. The van der Waals surface area contributed by atoms with Crippen molar-refractivity contribution in [1.29, 1.82) is 0 Å². The van der Waals surface area contributed by atoms with Gasteiger partial charge in [-0.05, 0) is 23.8 Å². The van der Waals surface area contributed by atoms with Crippen LogP contribution in [0.15, 0.2) is 18.2 Å². The normalized spacial score (nSPS) is 10.7. The molecule has 0 aromatic heterocycles. The van der Waals surface area contributed by atoms with E-state index in [1.165, 1.54) is 25.3 Å². The molecule has 0 aliphatic carbocycles. The number of rotatable bonds is 2. The zero-order valence-corrected chi connectivity index (χ0v) is 10.0. The highest BCUT2D eigenvalue weighted by atomic mass is 35.5. The highest BCUT2D eigenvalue weighted by molar-refractivity contribution is 6.44. The maximum atomic E-state index is 10.8. The van der Waals surface area contributed by atoms with Crippen molar-refractivity contribution in [3.8, 4) is 0 Å². The molecule has 0 atom stereocenters. The van der Waals surface area contributed by atoms with Crippen LogP contribution in [0.3, 0.4) is 0 Å². The number of carbonyl (C=O) groups excluding carboxylic acids is 1. The molecule has 0 N–H and O–H groups in total. The number of carbonyl (C=O) groups is 1. The molecular weight excluding hydrogens is 258 g/mol. The van der Waals surface area contributed by atoms with Crippen molar-refractivity contribution >= 4 is 46.8 Å². The van der Waals surface area contributed by atoms with E-state index in [0.717, 1.165) is 0 Å². The van der Waals surface area contributed by atoms with E-state index in [0.29, 0.717) is 20.6 Å². The standard InChI is InChI=1S/C10H7Cl3O2/c1-15-9(14)3-2-6-4-7(11)5-8(12)10(6)13/h2-5H,1H3. The second-order valence-electron chi connectivity index (χ2n) is 2.65. The average Bonchev–Trinajstić information content (AvgIpc) is 2.20. The van der Waals surface area contributed by atoms with Crippen LogP contribution in [0.1, 0.15) is 5.56 Å². The maximum absolute atomic E-state index is 10.8. The summed E-state index contributed by atoms with van der Waals surface area (Å²) in [5.74, 6) is -0.470. The van der Waals surface area contributed by atoms with Crippen molar-refractivity contribution in [1.82, 2.24) is 0 Å². The lowest BCUT2D eigenvalue weighted by atomic mass is 10.2. The zero-order valence-electron chi connectivity index (χ0n) is 7.76. The van der Waals surface area contributed by atoms with Gasteiger partial charge in [0, 0.05) is 11.1 Å². The average molecular weight is 266 g/mol. The quantitative estimate of drug-likeness (QED) is 0.461. The predicted octanol–water partition coefficient (Wildman–Crippen LogP) is 3.83. The molecule has 80 valence electrons. The van der Waals surface area contributed by atoms with Crippen molar-refractivity contribution in [2.45, 2.75) is 0 Å². The Hall–Kier alpha value is -0.700. The third-order valence-electron chi connectivity index (χ3n) is 1.62. The molecule has 0 spiro atoms. The van der Waals surface area contributed by atoms with Gasteiger partial charge in [-0.3, -0.25) is 0 Å². The Labute approximate surface area is 102 Å². The van der Waals surface area contributed by atoms with Crippen molar-refractivity contribution < 1.29 is 9.53 Å². The van der Waals surface area contributed by atoms with Gasteiger partial charge in [-0.15, -0.1) is 0 Å². The number of benzene rings is 1. The van der Waals surface area contributed by atoms with Gasteiger partial charge in [-0.2, -0.15) is 0 Å². The van der Waals surface area contributed by atoms with E-state index in [1.807, 2.05) is 0 Å². The molecule has 1 aromatic carbocycles. The van der Waals surface area contributed by atoms with E-state index in [1.54, 1.807) is 6.07 Å². The van der Waals surface area contributed by atoms with E-state index in [9.17, 15) is 4.79 Å². The monoisotopic (exact) mass is 264 g/mol. The summed E-state index contributed by atoms with van der Waals surface area (Å²) in [5, 5.41) is 1.14. The molecule has 0 aliphatic heterocycles. The van der Waals surface area contributed by atoms with Gasteiger partial charge in [0.15, 0.2) is 0 Å².